The molecule has 2 heteroatoms. The second-order valence-electron chi connectivity index (χ2n) is 10.3. The van der Waals surface area contributed by atoms with E-state index in [1.165, 1.54) is 65.6 Å². The number of aromatic nitrogens is 2. The molecular weight excluding hydrogens is 484 g/mol. The zero-order valence-electron chi connectivity index (χ0n) is 21.9. The largest absolute Gasteiger partial charge is 0.226 e. The van der Waals surface area contributed by atoms with E-state index in [4.69, 9.17) is 0 Å². The third kappa shape index (κ3) is 3.65. The van der Waals surface area contributed by atoms with Crippen molar-refractivity contribution >= 4 is 43.1 Å². The lowest BCUT2D eigenvalue weighted by Crippen LogP contribution is -2.30. The SMILES string of the molecule is c1ccc2c(-[n+]3ccc(-c4cc[n+](-c5c6ccccc6cc6ccccc56)cc4)cc3)c3ccccc3cc2c1. The molecule has 0 amide bonds. The minimum Gasteiger partial charge on any atom is -0.166 e. The summed E-state index contributed by atoms with van der Waals surface area (Å²) in [5.74, 6) is 0. The molecule has 0 aliphatic heterocycles. The maximum Gasteiger partial charge on any atom is 0.226 e. The summed E-state index contributed by atoms with van der Waals surface area (Å²) in [6.45, 7) is 0. The van der Waals surface area contributed by atoms with Crippen molar-refractivity contribution < 1.29 is 9.13 Å². The zero-order chi connectivity index (χ0) is 26.5. The summed E-state index contributed by atoms with van der Waals surface area (Å²) in [6, 6.07) is 47.9. The monoisotopic (exact) mass is 510 g/mol. The summed E-state index contributed by atoms with van der Waals surface area (Å²) in [7, 11) is 0. The molecule has 2 heterocycles. The van der Waals surface area contributed by atoms with Gasteiger partial charge in [0.05, 0.1) is 21.5 Å². The molecule has 2 nitrogen and oxygen atoms in total. The summed E-state index contributed by atoms with van der Waals surface area (Å²) < 4.78 is 4.50. The number of fused-ring (bicyclic) bond motifs is 4. The van der Waals surface area contributed by atoms with Gasteiger partial charge in [0.15, 0.2) is 24.8 Å². The lowest BCUT2D eigenvalue weighted by Gasteiger charge is -2.08. The van der Waals surface area contributed by atoms with Crippen LogP contribution in [0.5, 0.6) is 0 Å². The van der Waals surface area contributed by atoms with E-state index in [0.29, 0.717) is 0 Å². The van der Waals surface area contributed by atoms with E-state index in [1.807, 2.05) is 0 Å². The summed E-state index contributed by atoms with van der Waals surface area (Å²) in [6.07, 6.45) is 8.73. The smallest absolute Gasteiger partial charge is 0.166 e. The number of hydrogen-bond donors (Lipinski definition) is 0. The first-order valence-corrected chi connectivity index (χ1v) is 13.7. The Hall–Kier alpha value is -5.34. The van der Waals surface area contributed by atoms with Crippen molar-refractivity contribution in [2.45, 2.75) is 0 Å². The highest BCUT2D eigenvalue weighted by molar-refractivity contribution is 6.06. The normalized spacial score (nSPS) is 11.5. The van der Waals surface area contributed by atoms with E-state index >= 15 is 0 Å². The summed E-state index contributed by atoms with van der Waals surface area (Å²) >= 11 is 0. The molecule has 6 aromatic carbocycles. The van der Waals surface area contributed by atoms with Crippen LogP contribution in [-0.2, 0) is 0 Å². The Bertz CT molecular complexity index is 1930. The van der Waals surface area contributed by atoms with Gasteiger partial charge in [0, 0.05) is 24.3 Å². The van der Waals surface area contributed by atoms with Crippen LogP contribution in [0.25, 0.3) is 65.6 Å². The third-order valence-corrected chi connectivity index (χ3v) is 7.99. The highest BCUT2D eigenvalue weighted by Crippen LogP contribution is 2.30. The molecule has 0 aliphatic rings. The molecule has 8 aromatic rings. The van der Waals surface area contributed by atoms with E-state index in [0.717, 1.165) is 0 Å². The van der Waals surface area contributed by atoms with Crippen LogP contribution in [0.4, 0.5) is 0 Å². The van der Waals surface area contributed by atoms with Crippen LogP contribution in [0.2, 0.25) is 0 Å². The van der Waals surface area contributed by atoms with E-state index in [1.54, 1.807) is 0 Å². The topological polar surface area (TPSA) is 7.76 Å². The van der Waals surface area contributed by atoms with Crippen molar-refractivity contribution in [3.05, 3.63) is 158 Å². The minimum atomic E-state index is 1.19. The Morgan fingerprint density at radius 1 is 0.300 bits per heavy atom. The van der Waals surface area contributed by atoms with Gasteiger partial charge in [-0.15, -0.1) is 0 Å². The fourth-order valence-electron chi connectivity index (χ4n) is 6.07. The Morgan fingerprint density at radius 3 is 0.875 bits per heavy atom. The molecule has 0 spiro atoms. The number of pyridine rings is 2. The van der Waals surface area contributed by atoms with Gasteiger partial charge in [0.2, 0.25) is 11.4 Å². The Morgan fingerprint density at radius 2 is 0.575 bits per heavy atom. The van der Waals surface area contributed by atoms with Crippen LogP contribution in [0, 0.1) is 0 Å². The predicted molar refractivity (Wildman–Crippen MR) is 165 cm³/mol. The van der Waals surface area contributed by atoms with Gasteiger partial charge in [-0.25, -0.2) is 0 Å². The highest BCUT2D eigenvalue weighted by Gasteiger charge is 2.18. The molecule has 0 N–H and O–H groups in total. The lowest BCUT2D eigenvalue weighted by atomic mass is 10.00. The van der Waals surface area contributed by atoms with Crippen molar-refractivity contribution in [2.75, 3.05) is 0 Å². The molecule has 0 saturated heterocycles. The van der Waals surface area contributed by atoms with Gasteiger partial charge in [-0.1, -0.05) is 72.8 Å². The Kier molecular flexibility index (Phi) is 5.17. The van der Waals surface area contributed by atoms with Gasteiger partial charge >= 0.3 is 0 Å². The highest BCUT2D eigenvalue weighted by atomic mass is 14.9. The molecular formula is C38H26N2+2. The first-order chi connectivity index (χ1) is 19.8. The summed E-state index contributed by atoms with van der Waals surface area (Å²) in [4.78, 5) is 0. The molecule has 0 fully saturated rings. The number of benzene rings is 6. The van der Waals surface area contributed by atoms with E-state index < -0.39 is 0 Å². The molecule has 186 valence electrons. The Labute approximate surface area is 232 Å². The quantitative estimate of drug-likeness (QED) is 0.166. The lowest BCUT2D eigenvalue weighted by molar-refractivity contribution is -0.592. The van der Waals surface area contributed by atoms with Crippen molar-refractivity contribution in [3.63, 3.8) is 0 Å². The van der Waals surface area contributed by atoms with Crippen molar-refractivity contribution in [1.82, 2.24) is 0 Å². The summed E-state index contributed by atoms with van der Waals surface area (Å²) in [5, 5.41) is 10.0. The first kappa shape index (κ1) is 22.6. The van der Waals surface area contributed by atoms with Crippen LogP contribution in [0.15, 0.2) is 158 Å². The number of hydrogen-bond acceptors (Lipinski definition) is 0. The van der Waals surface area contributed by atoms with Gasteiger partial charge in [-0.05, 0) is 69.1 Å². The van der Waals surface area contributed by atoms with E-state index in [2.05, 4.69) is 167 Å². The van der Waals surface area contributed by atoms with E-state index in [9.17, 15) is 0 Å². The average Bonchev–Trinajstić information content (AvgIpc) is 3.03. The fraction of sp³-hybridized carbons (Fsp3) is 0. The number of rotatable bonds is 3. The van der Waals surface area contributed by atoms with Crippen LogP contribution in [-0.4, -0.2) is 0 Å². The molecule has 0 atom stereocenters. The van der Waals surface area contributed by atoms with E-state index in [-0.39, 0.29) is 0 Å². The first-order valence-electron chi connectivity index (χ1n) is 13.7. The van der Waals surface area contributed by atoms with Gasteiger partial charge in [-0.2, -0.15) is 9.13 Å². The minimum absolute atomic E-state index is 1.19. The fourth-order valence-corrected chi connectivity index (χ4v) is 6.07. The molecule has 0 bridgehead atoms. The van der Waals surface area contributed by atoms with Crippen LogP contribution in [0.1, 0.15) is 0 Å². The molecule has 0 unspecified atom stereocenters. The van der Waals surface area contributed by atoms with Crippen LogP contribution in [0.3, 0.4) is 0 Å². The standard InChI is InChI=1S/C38H26N2/c1-5-13-33-29(9-1)25-30-10-2-6-14-34(30)37(33)39-21-17-27(18-22-39)28-19-23-40(24-20-28)38-35-15-7-3-11-31(35)26-32-12-4-8-16-36(32)38/h1-26H/q+2. The van der Waals surface area contributed by atoms with Crippen LogP contribution >= 0.6 is 0 Å². The maximum absolute atomic E-state index is 2.28. The molecule has 40 heavy (non-hydrogen) atoms. The van der Waals surface area contributed by atoms with Crippen molar-refractivity contribution in [3.8, 4) is 22.5 Å². The predicted octanol–water partition coefficient (Wildman–Crippen LogP) is 8.52. The maximum atomic E-state index is 2.28. The molecule has 0 saturated carbocycles. The molecule has 8 rings (SSSR count). The molecule has 0 radical (unpaired) electrons. The van der Waals surface area contributed by atoms with Crippen LogP contribution < -0.4 is 9.13 Å². The average molecular weight is 511 g/mol. The molecule has 0 aliphatic carbocycles. The number of nitrogens with zero attached hydrogens (tertiary/aromatic N) is 2. The van der Waals surface area contributed by atoms with Crippen molar-refractivity contribution in [1.29, 1.82) is 0 Å². The van der Waals surface area contributed by atoms with Gasteiger partial charge < -0.3 is 0 Å². The zero-order valence-corrected chi connectivity index (χ0v) is 21.9. The second-order valence-corrected chi connectivity index (χ2v) is 10.3. The molecule has 2 aromatic heterocycles. The van der Waals surface area contributed by atoms with Gasteiger partial charge in [0.25, 0.3) is 0 Å². The van der Waals surface area contributed by atoms with Crippen molar-refractivity contribution in [2.24, 2.45) is 0 Å². The second kappa shape index (κ2) is 9.14. The third-order valence-electron chi connectivity index (χ3n) is 7.99. The van der Waals surface area contributed by atoms with Gasteiger partial charge in [-0.3, -0.25) is 0 Å². The Balaban J connectivity index is 1.21. The van der Waals surface area contributed by atoms with Gasteiger partial charge in [0.1, 0.15) is 0 Å². The summed E-state index contributed by atoms with van der Waals surface area (Å²) in [5.41, 5.74) is 4.81.